The van der Waals surface area contributed by atoms with Crippen LogP contribution >= 0.6 is 0 Å². The minimum absolute atomic E-state index is 0.00830. The second-order valence-corrected chi connectivity index (χ2v) is 6.26. The van der Waals surface area contributed by atoms with Crippen molar-refractivity contribution in [1.82, 2.24) is 9.80 Å². The van der Waals surface area contributed by atoms with Gasteiger partial charge in [-0.3, -0.25) is 9.69 Å². The summed E-state index contributed by atoms with van der Waals surface area (Å²) in [6.07, 6.45) is 8.65. The molecule has 4 nitrogen and oxygen atoms in total. The topological polar surface area (TPSA) is 36.7 Å². The van der Waals surface area contributed by atoms with Crippen LogP contribution in [0.1, 0.15) is 37.9 Å². The predicted molar refractivity (Wildman–Crippen MR) is 81.7 cm³/mol. The summed E-state index contributed by atoms with van der Waals surface area (Å²) >= 11 is 0. The Morgan fingerprint density at radius 1 is 1.38 bits per heavy atom. The highest BCUT2D eigenvalue weighted by Crippen LogP contribution is 2.37. The SMILES string of the molecule is C=CCN1C(=O)CCC[C@@]12CCCN(Cc1ccco1)C2. The minimum Gasteiger partial charge on any atom is -0.468 e. The molecule has 2 saturated heterocycles. The summed E-state index contributed by atoms with van der Waals surface area (Å²) in [7, 11) is 0. The van der Waals surface area contributed by atoms with E-state index in [1.165, 1.54) is 0 Å². The molecule has 21 heavy (non-hydrogen) atoms. The molecule has 2 aliphatic rings. The number of amides is 1. The van der Waals surface area contributed by atoms with E-state index in [2.05, 4.69) is 16.4 Å². The Labute approximate surface area is 126 Å². The first-order valence-corrected chi connectivity index (χ1v) is 7.90. The average Bonchev–Trinajstić information content (AvgIpc) is 2.96. The molecule has 114 valence electrons. The van der Waals surface area contributed by atoms with E-state index >= 15 is 0 Å². The second-order valence-electron chi connectivity index (χ2n) is 6.26. The van der Waals surface area contributed by atoms with Crippen LogP contribution in [0.25, 0.3) is 0 Å². The lowest BCUT2D eigenvalue weighted by Crippen LogP contribution is -2.62. The monoisotopic (exact) mass is 288 g/mol. The van der Waals surface area contributed by atoms with Gasteiger partial charge in [-0.2, -0.15) is 0 Å². The fourth-order valence-electron chi connectivity index (χ4n) is 3.92. The third-order valence-electron chi connectivity index (χ3n) is 4.81. The van der Waals surface area contributed by atoms with Crippen molar-refractivity contribution < 1.29 is 9.21 Å². The van der Waals surface area contributed by atoms with Crippen LogP contribution in [0.4, 0.5) is 0 Å². The van der Waals surface area contributed by atoms with Gasteiger partial charge < -0.3 is 9.32 Å². The van der Waals surface area contributed by atoms with E-state index in [-0.39, 0.29) is 5.54 Å². The molecule has 0 saturated carbocycles. The molecule has 1 aromatic rings. The molecule has 3 rings (SSSR count). The van der Waals surface area contributed by atoms with E-state index in [1.807, 2.05) is 18.2 Å². The molecule has 2 aliphatic heterocycles. The molecule has 0 N–H and O–H groups in total. The maximum Gasteiger partial charge on any atom is 0.223 e. The lowest BCUT2D eigenvalue weighted by molar-refractivity contribution is -0.144. The highest BCUT2D eigenvalue weighted by Gasteiger charge is 2.44. The van der Waals surface area contributed by atoms with Gasteiger partial charge in [-0.25, -0.2) is 0 Å². The Balaban J connectivity index is 1.75. The Morgan fingerprint density at radius 3 is 3.00 bits per heavy atom. The van der Waals surface area contributed by atoms with Gasteiger partial charge in [0.05, 0.1) is 18.3 Å². The number of likely N-dealkylation sites (tertiary alicyclic amines) is 2. The smallest absolute Gasteiger partial charge is 0.223 e. The number of hydrogen-bond acceptors (Lipinski definition) is 3. The summed E-state index contributed by atoms with van der Waals surface area (Å²) in [6.45, 7) is 7.37. The first-order chi connectivity index (χ1) is 10.2. The second kappa shape index (κ2) is 6.06. The normalized spacial score (nSPS) is 27.2. The molecule has 1 spiro atoms. The Morgan fingerprint density at radius 2 is 2.24 bits per heavy atom. The molecule has 2 fully saturated rings. The molecule has 0 unspecified atom stereocenters. The molecule has 0 aliphatic carbocycles. The van der Waals surface area contributed by atoms with Crippen molar-refractivity contribution in [1.29, 1.82) is 0 Å². The van der Waals surface area contributed by atoms with Gasteiger partial charge in [0.15, 0.2) is 0 Å². The zero-order chi connectivity index (χ0) is 14.7. The van der Waals surface area contributed by atoms with Crippen molar-refractivity contribution in [2.45, 2.75) is 44.2 Å². The molecule has 0 radical (unpaired) electrons. The zero-order valence-electron chi connectivity index (χ0n) is 12.6. The maximum atomic E-state index is 12.3. The number of furan rings is 1. The summed E-state index contributed by atoms with van der Waals surface area (Å²) in [6, 6.07) is 3.96. The summed E-state index contributed by atoms with van der Waals surface area (Å²) in [4.78, 5) is 16.8. The average molecular weight is 288 g/mol. The van der Waals surface area contributed by atoms with E-state index in [0.29, 0.717) is 18.9 Å². The molecule has 0 bridgehead atoms. The molecule has 4 heteroatoms. The van der Waals surface area contributed by atoms with Gasteiger partial charge in [-0.1, -0.05) is 6.08 Å². The van der Waals surface area contributed by atoms with Crippen molar-refractivity contribution in [3.63, 3.8) is 0 Å². The van der Waals surface area contributed by atoms with Gasteiger partial charge in [0, 0.05) is 19.5 Å². The van der Waals surface area contributed by atoms with Gasteiger partial charge in [-0.05, 0) is 44.4 Å². The highest BCUT2D eigenvalue weighted by molar-refractivity contribution is 5.78. The van der Waals surface area contributed by atoms with Crippen molar-refractivity contribution in [3.05, 3.63) is 36.8 Å². The maximum absolute atomic E-state index is 12.3. The van der Waals surface area contributed by atoms with Crippen LogP contribution < -0.4 is 0 Å². The molecule has 1 amide bonds. The third kappa shape index (κ3) is 2.91. The fourth-order valence-corrected chi connectivity index (χ4v) is 3.92. The van der Waals surface area contributed by atoms with Crippen molar-refractivity contribution in [2.75, 3.05) is 19.6 Å². The largest absolute Gasteiger partial charge is 0.468 e. The van der Waals surface area contributed by atoms with Gasteiger partial charge >= 0.3 is 0 Å². The van der Waals surface area contributed by atoms with Crippen molar-refractivity contribution >= 4 is 5.91 Å². The summed E-state index contributed by atoms with van der Waals surface area (Å²) in [5.41, 5.74) is 0.00830. The van der Waals surface area contributed by atoms with E-state index < -0.39 is 0 Å². The van der Waals surface area contributed by atoms with Gasteiger partial charge in [0.1, 0.15) is 5.76 Å². The van der Waals surface area contributed by atoms with Crippen LogP contribution in [0.3, 0.4) is 0 Å². The summed E-state index contributed by atoms with van der Waals surface area (Å²) in [5, 5.41) is 0. The van der Waals surface area contributed by atoms with Gasteiger partial charge in [-0.15, -0.1) is 6.58 Å². The number of nitrogens with zero attached hydrogens (tertiary/aromatic N) is 2. The molecule has 1 atom stereocenters. The first-order valence-electron chi connectivity index (χ1n) is 7.90. The number of carbonyl (C=O) groups is 1. The quantitative estimate of drug-likeness (QED) is 0.799. The predicted octanol–water partition coefficient (Wildman–Crippen LogP) is 2.81. The van der Waals surface area contributed by atoms with Crippen LogP contribution in [-0.4, -0.2) is 40.9 Å². The van der Waals surface area contributed by atoms with E-state index in [1.54, 1.807) is 6.26 Å². The molecule has 3 heterocycles. The number of piperidine rings is 2. The molecule has 1 aromatic heterocycles. The molecule has 0 aromatic carbocycles. The standard InChI is InChI=1S/C17H24N2O2/c1-2-10-19-16(20)7-3-8-17(19)9-5-11-18(14-17)13-15-6-4-12-21-15/h2,4,6,12H,1,3,5,7-11,13-14H2/t17-/m0/s1. The van der Waals surface area contributed by atoms with Gasteiger partial charge in [0.2, 0.25) is 5.91 Å². The Kier molecular flexibility index (Phi) is 4.15. The van der Waals surface area contributed by atoms with Crippen molar-refractivity contribution in [3.8, 4) is 0 Å². The highest BCUT2D eigenvalue weighted by atomic mass is 16.3. The Bertz CT molecular complexity index is 493. The van der Waals surface area contributed by atoms with E-state index in [9.17, 15) is 4.79 Å². The fraction of sp³-hybridized carbons (Fsp3) is 0.588. The lowest BCUT2D eigenvalue weighted by Gasteiger charge is -2.52. The van der Waals surface area contributed by atoms with Crippen LogP contribution in [0.15, 0.2) is 35.5 Å². The lowest BCUT2D eigenvalue weighted by atomic mass is 9.79. The first kappa shape index (κ1) is 14.4. The third-order valence-corrected chi connectivity index (χ3v) is 4.81. The molecular formula is C17H24N2O2. The number of carbonyl (C=O) groups excluding carboxylic acids is 1. The van der Waals surface area contributed by atoms with Crippen LogP contribution in [-0.2, 0) is 11.3 Å². The van der Waals surface area contributed by atoms with Gasteiger partial charge in [0.25, 0.3) is 0 Å². The number of hydrogen-bond donors (Lipinski definition) is 0. The Hall–Kier alpha value is -1.55. The summed E-state index contributed by atoms with van der Waals surface area (Å²) in [5.74, 6) is 1.30. The zero-order valence-corrected chi connectivity index (χ0v) is 12.6. The van der Waals surface area contributed by atoms with Crippen LogP contribution in [0.2, 0.25) is 0 Å². The van der Waals surface area contributed by atoms with E-state index in [0.717, 1.165) is 51.1 Å². The number of rotatable bonds is 4. The van der Waals surface area contributed by atoms with Crippen LogP contribution in [0, 0.1) is 0 Å². The minimum atomic E-state index is 0.00830. The summed E-state index contributed by atoms with van der Waals surface area (Å²) < 4.78 is 5.47. The molecular weight excluding hydrogens is 264 g/mol. The van der Waals surface area contributed by atoms with Crippen molar-refractivity contribution in [2.24, 2.45) is 0 Å². The van der Waals surface area contributed by atoms with Crippen LogP contribution in [0.5, 0.6) is 0 Å². The van der Waals surface area contributed by atoms with E-state index in [4.69, 9.17) is 4.42 Å².